The number of carbonyl (C=O) groups is 1. The number of aliphatic hydroxyl groups is 1. The molecule has 0 heterocycles. The van der Waals surface area contributed by atoms with Crippen molar-refractivity contribution in [1.82, 2.24) is 0 Å². The van der Waals surface area contributed by atoms with Gasteiger partial charge in [0.1, 0.15) is 6.10 Å². The maximum atomic E-state index is 12.0. The number of benzene rings is 2. The van der Waals surface area contributed by atoms with E-state index in [0.29, 0.717) is 21.2 Å². The molecule has 1 atom stereocenters. The predicted molar refractivity (Wildman–Crippen MR) is 76.6 cm³/mol. The van der Waals surface area contributed by atoms with E-state index in [9.17, 15) is 9.90 Å². The number of aliphatic hydroxyl groups excluding tert-OH is 1. The standard InChI is InChI=1S/C15H12Cl2O2/c16-12-6-7-13(17)11(8-12)9-14(18)15(19)10-4-2-1-3-5-10/h1-8,15,19H,9H2. The van der Waals surface area contributed by atoms with Crippen molar-refractivity contribution in [3.8, 4) is 0 Å². The summed E-state index contributed by atoms with van der Waals surface area (Å²) >= 11 is 11.9. The van der Waals surface area contributed by atoms with Crippen LogP contribution in [0.15, 0.2) is 48.5 Å². The number of hydrogen-bond donors (Lipinski definition) is 1. The molecule has 0 amide bonds. The molecule has 0 saturated heterocycles. The third-order valence-corrected chi connectivity index (χ3v) is 3.40. The second-order valence-corrected chi connectivity index (χ2v) is 5.04. The van der Waals surface area contributed by atoms with Gasteiger partial charge in [0, 0.05) is 16.5 Å². The minimum Gasteiger partial charge on any atom is -0.381 e. The summed E-state index contributed by atoms with van der Waals surface area (Å²) in [6, 6.07) is 13.7. The molecule has 0 bridgehead atoms. The Morgan fingerprint density at radius 3 is 2.47 bits per heavy atom. The number of carbonyl (C=O) groups excluding carboxylic acids is 1. The van der Waals surface area contributed by atoms with Gasteiger partial charge in [-0.05, 0) is 29.3 Å². The lowest BCUT2D eigenvalue weighted by Crippen LogP contribution is -2.14. The van der Waals surface area contributed by atoms with E-state index in [1.165, 1.54) is 0 Å². The summed E-state index contributed by atoms with van der Waals surface area (Å²) < 4.78 is 0. The van der Waals surface area contributed by atoms with Crippen LogP contribution >= 0.6 is 23.2 Å². The van der Waals surface area contributed by atoms with Crippen LogP contribution in [0, 0.1) is 0 Å². The molecule has 0 spiro atoms. The summed E-state index contributed by atoms with van der Waals surface area (Å²) in [5.41, 5.74) is 1.19. The molecule has 1 N–H and O–H groups in total. The summed E-state index contributed by atoms with van der Waals surface area (Å²) in [5.74, 6) is -0.310. The van der Waals surface area contributed by atoms with Crippen molar-refractivity contribution in [3.63, 3.8) is 0 Å². The molecule has 1 unspecified atom stereocenters. The van der Waals surface area contributed by atoms with Gasteiger partial charge in [-0.1, -0.05) is 53.5 Å². The van der Waals surface area contributed by atoms with Crippen molar-refractivity contribution < 1.29 is 9.90 Å². The molecule has 0 radical (unpaired) electrons. The zero-order valence-electron chi connectivity index (χ0n) is 10.0. The normalized spacial score (nSPS) is 12.2. The minimum absolute atomic E-state index is 0.0510. The first kappa shape index (κ1) is 14.1. The van der Waals surface area contributed by atoms with Crippen LogP contribution in [0.25, 0.3) is 0 Å². The van der Waals surface area contributed by atoms with Gasteiger partial charge in [-0.3, -0.25) is 4.79 Å². The van der Waals surface area contributed by atoms with Crippen molar-refractivity contribution in [1.29, 1.82) is 0 Å². The summed E-state index contributed by atoms with van der Waals surface area (Å²) in [4.78, 5) is 12.0. The van der Waals surface area contributed by atoms with Crippen molar-refractivity contribution in [2.45, 2.75) is 12.5 Å². The molecule has 0 saturated carbocycles. The molecule has 0 aromatic heterocycles. The van der Waals surface area contributed by atoms with E-state index in [-0.39, 0.29) is 12.2 Å². The molecule has 98 valence electrons. The number of ketones is 1. The Morgan fingerprint density at radius 2 is 1.79 bits per heavy atom. The molecule has 0 aliphatic rings. The van der Waals surface area contributed by atoms with Gasteiger partial charge in [-0.15, -0.1) is 0 Å². The van der Waals surface area contributed by atoms with Crippen molar-refractivity contribution in [2.24, 2.45) is 0 Å². The van der Waals surface area contributed by atoms with Crippen LogP contribution in [0.2, 0.25) is 10.0 Å². The highest BCUT2D eigenvalue weighted by molar-refractivity contribution is 6.33. The van der Waals surface area contributed by atoms with Gasteiger partial charge in [-0.2, -0.15) is 0 Å². The van der Waals surface area contributed by atoms with Crippen LogP contribution in [0.4, 0.5) is 0 Å². The lowest BCUT2D eigenvalue weighted by atomic mass is 10.00. The van der Waals surface area contributed by atoms with Crippen LogP contribution in [-0.2, 0) is 11.2 Å². The van der Waals surface area contributed by atoms with E-state index in [4.69, 9.17) is 23.2 Å². The van der Waals surface area contributed by atoms with Gasteiger partial charge in [0.2, 0.25) is 0 Å². The van der Waals surface area contributed by atoms with E-state index >= 15 is 0 Å². The molecular formula is C15H12Cl2O2. The SMILES string of the molecule is O=C(Cc1cc(Cl)ccc1Cl)C(O)c1ccccc1. The molecule has 2 nitrogen and oxygen atoms in total. The lowest BCUT2D eigenvalue weighted by Gasteiger charge is -2.11. The van der Waals surface area contributed by atoms with E-state index in [2.05, 4.69) is 0 Å². The Balaban J connectivity index is 2.15. The van der Waals surface area contributed by atoms with Gasteiger partial charge < -0.3 is 5.11 Å². The molecule has 0 fully saturated rings. The Morgan fingerprint density at radius 1 is 1.11 bits per heavy atom. The highest BCUT2D eigenvalue weighted by Crippen LogP contribution is 2.23. The highest BCUT2D eigenvalue weighted by atomic mass is 35.5. The van der Waals surface area contributed by atoms with Crippen molar-refractivity contribution in [2.75, 3.05) is 0 Å². The number of halogens is 2. The Bertz CT molecular complexity index is 582. The molecule has 0 aliphatic carbocycles. The maximum Gasteiger partial charge on any atom is 0.170 e. The maximum absolute atomic E-state index is 12.0. The largest absolute Gasteiger partial charge is 0.381 e. The number of hydrogen-bond acceptors (Lipinski definition) is 2. The first-order chi connectivity index (χ1) is 9.08. The van der Waals surface area contributed by atoms with E-state index < -0.39 is 6.10 Å². The second kappa shape index (κ2) is 6.20. The first-order valence-electron chi connectivity index (χ1n) is 5.77. The third-order valence-electron chi connectivity index (χ3n) is 2.79. The Labute approximate surface area is 121 Å². The van der Waals surface area contributed by atoms with Crippen LogP contribution in [0.3, 0.4) is 0 Å². The number of rotatable bonds is 4. The highest BCUT2D eigenvalue weighted by Gasteiger charge is 2.18. The predicted octanol–water partition coefficient (Wildman–Crippen LogP) is 3.84. The fourth-order valence-electron chi connectivity index (χ4n) is 1.78. The molecule has 2 rings (SSSR count). The zero-order chi connectivity index (χ0) is 13.8. The second-order valence-electron chi connectivity index (χ2n) is 4.19. The summed E-state index contributed by atoms with van der Waals surface area (Å²) in [5, 5.41) is 11.0. The Kier molecular flexibility index (Phi) is 4.59. The average molecular weight is 295 g/mol. The zero-order valence-corrected chi connectivity index (χ0v) is 11.5. The molecule has 2 aromatic carbocycles. The van der Waals surface area contributed by atoms with Crippen molar-refractivity contribution >= 4 is 29.0 Å². The smallest absolute Gasteiger partial charge is 0.170 e. The molecule has 2 aromatic rings. The monoisotopic (exact) mass is 294 g/mol. The van der Waals surface area contributed by atoms with E-state index in [0.717, 1.165) is 0 Å². The first-order valence-corrected chi connectivity index (χ1v) is 6.53. The van der Waals surface area contributed by atoms with Crippen LogP contribution < -0.4 is 0 Å². The Hall–Kier alpha value is -1.35. The van der Waals surface area contributed by atoms with Crippen LogP contribution in [-0.4, -0.2) is 10.9 Å². The minimum atomic E-state index is -1.14. The molecular weight excluding hydrogens is 283 g/mol. The van der Waals surface area contributed by atoms with Gasteiger partial charge in [-0.25, -0.2) is 0 Å². The van der Waals surface area contributed by atoms with Crippen LogP contribution in [0.5, 0.6) is 0 Å². The van der Waals surface area contributed by atoms with Gasteiger partial charge >= 0.3 is 0 Å². The van der Waals surface area contributed by atoms with E-state index in [1.807, 2.05) is 6.07 Å². The van der Waals surface area contributed by atoms with Gasteiger partial charge in [0.25, 0.3) is 0 Å². The summed E-state index contributed by atoms with van der Waals surface area (Å²) in [6.07, 6.45) is -1.09. The lowest BCUT2D eigenvalue weighted by molar-refractivity contribution is -0.126. The molecule has 4 heteroatoms. The quantitative estimate of drug-likeness (QED) is 0.930. The van der Waals surface area contributed by atoms with Gasteiger partial charge in [0.15, 0.2) is 5.78 Å². The van der Waals surface area contributed by atoms with E-state index in [1.54, 1.807) is 42.5 Å². The fourth-order valence-corrected chi connectivity index (χ4v) is 2.16. The summed E-state index contributed by atoms with van der Waals surface area (Å²) in [7, 11) is 0. The molecule has 19 heavy (non-hydrogen) atoms. The third kappa shape index (κ3) is 3.57. The number of Topliss-reactive ketones (excluding diaryl/α,β-unsaturated/α-hetero) is 1. The topological polar surface area (TPSA) is 37.3 Å². The average Bonchev–Trinajstić information content (AvgIpc) is 2.43. The molecule has 0 aliphatic heterocycles. The van der Waals surface area contributed by atoms with Crippen molar-refractivity contribution in [3.05, 3.63) is 69.7 Å². The summed E-state index contributed by atoms with van der Waals surface area (Å²) in [6.45, 7) is 0. The fraction of sp³-hybridized carbons (Fsp3) is 0.133. The van der Waals surface area contributed by atoms with Crippen LogP contribution in [0.1, 0.15) is 17.2 Å². The van der Waals surface area contributed by atoms with Gasteiger partial charge in [0.05, 0.1) is 0 Å².